The number of carbonyl (C=O) groups is 1. The lowest BCUT2D eigenvalue weighted by Gasteiger charge is -2.40. The van der Waals surface area contributed by atoms with Gasteiger partial charge in [-0.25, -0.2) is 4.39 Å². The van der Waals surface area contributed by atoms with E-state index < -0.39 is 55.4 Å². The molecule has 1 fully saturated rings. The molecular weight excluding hydrogens is 539 g/mol. The van der Waals surface area contributed by atoms with Gasteiger partial charge in [0.15, 0.2) is 0 Å². The Morgan fingerprint density at radius 1 is 0.900 bits per heavy atom. The molecule has 2 atom stereocenters. The summed E-state index contributed by atoms with van der Waals surface area (Å²) in [4.78, 5) is 18.4. The van der Waals surface area contributed by atoms with Crippen LogP contribution in [0.15, 0.2) is 48.5 Å². The maximum absolute atomic E-state index is 13.6. The minimum atomic E-state index is -4.78. The summed E-state index contributed by atoms with van der Waals surface area (Å²) in [5.74, 6) is -5.27. The minimum Gasteiger partial charge on any atom is -0.370 e. The maximum atomic E-state index is 13.6. The predicted molar refractivity (Wildman–Crippen MR) is 137 cm³/mol. The molecule has 3 aromatic rings. The number of hydrogen-bond acceptors (Lipinski definition) is 3. The Morgan fingerprint density at radius 2 is 1.50 bits per heavy atom. The van der Waals surface area contributed by atoms with E-state index in [2.05, 4.69) is 10.3 Å². The van der Waals surface area contributed by atoms with E-state index in [0.717, 1.165) is 16.5 Å². The summed E-state index contributed by atoms with van der Waals surface area (Å²) >= 11 is 0. The van der Waals surface area contributed by atoms with Crippen molar-refractivity contribution in [2.24, 2.45) is 11.8 Å². The number of rotatable bonds is 5. The summed E-state index contributed by atoms with van der Waals surface area (Å²) in [6.45, 7) is 3.89. The number of carbonyl (C=O) groups excluding carboxylic acids is 1. The Hall–Kier alpha value is -3.63. The first-order chi connectivity index (χ1) is 18.6. The SMILES string of the molecule is Cc1cc(-c2ccc(N3C[C@H](C(F)(F)F)C[C@H](C(F)(F)F)C3)cc2CNC(=O)c2ccc(F)cc2C)cc(C)n1. The van der Waals surface area contributed by atoms with Gasteiger partial charge in [0.25, 0.3) is 5.91 Å². The monoisotopic (exact) mass is 567 g/mol. The highest BCUT2D eigenvalue weighted by atomic mass is 19.4. The molecule has 0 spiro atoms. The van der Waals surface area contributed by atoms with Crippen molar-refractivity contribution in [2.45, 2.75) is 46.1 Å². The number of anilines is 1. The van der Waals surface area contributed by atoms with Gasteiger partial charge in [-0.1, -0.05) is 6.07 Å². The summed E-state index contributed by atoms with van der Waals surface area (Å²) in [6.07, 6.45) is -10.6. The molecule has 40 heavy (non-hydrogen) atoms. The number of aromatic nitrogens is 1. The molecule has 214 valence electrons. The van der Waals surface area contributed by atoms with Crippen molar-refractivity contribution in [2.75, 3.05) is 18.0 Å². The highest BCUT2D eigenvalue weighted by Gasteiger charge is 2.51. The third-order valence-corrected chi connectivity index (χ3v) is 7.10. The molecule has 2 heterocycles. The molecule has 1 N–H and O–H groups in total. The fraction of sp³-hybridized carbons (Fsp3) is 0.379. The Balaban J connectivity index is 1.71. The van der Waals surface area contributed by atoms with Crippen molar-refractivity contribution in [3.8, 4) is 11.1 Å². The van der Waals surface area contributed by atoms with E-state index in [0.29, 0.717) is 28.1 Å². The minimum absolute atomic E-state index is 0.0710. The van der Waals surface area contributed by atoms with Crippen LogP contribution in [0.4, 0.5) is 36.4 Å². The van der Waals surface area contributed by atoms with E-state index >= 15 is 0 Å². The number of benzene rings is 2. The van der Waals surface area contributed by atoms with Gasteiger partial charge in [-0.2, -0.15) is 26.3 Å². The maximum Gasteiger partial charge on any atom is 0.393 e. The molecule has 1 saturated heterocycles. The lowest BCUT2D eigenvalue weighted by atomic mass is 9.87. The topological polar surface area (TPSA) is 45.2 Å². The molecule has 0 radical (unpaired) electrons. The van der Waals surface area contributed by atoms with Crippen LogP contribution in [0.5, 0.6) is 0 Å². The Bertz CT molecular complexity index is 1360. The van der Waals surface area contributed by atoms with E-state index in [1.807, 2.05) is 0 Å². The van der Waals surface area contributed by atoms with Crippen LogP contribution in [0, 0.1) is 38.4 Å². The van der Waals surface area contributed by atoms with Crippen LogP contribution in [0.1, 0.15) is 39.3 Å². The number of pyridine rings is 1. The molecule has 1 amide bonds. The molecule has 11 heteroatoms. The smallest absolute Gasteiger partial charge is 0.370 e. The van der Waals surface area contributed by atoms with E-state index in [4.69, 9.17) is 0 Å². The molecule has 0 unspecified atom stereocenters. The first kappa shape index (κ1) is 29.4. The number of piperidine rings is 1. The third kappa shape index (κ3) is 6.74. The first-order valence-electron chi connectivity index (χ1n) is 12.6. The molecule has 2 aromatic carbocycles. The van der Waals surface area contributed by atoms with E-state index in [1.54, 1.807) is 39.0 Å². The molecule has 4 rings (SSSR count). The van der Waals surface area contributed by atoms with Crippen LogP contribution < -0.4 is 10.2 Å². The largest absolute Gasteiger partial charge is 0.393 e. The van der Waals surface area contributed by atoms with Gasteiger partial charge in [-0.15, -0.1) is 0 Å². The van der Waals surface area contributed by atoms with Crippen LogP contribution >= 0.6 is 0 Å². The second kappa shape index (κ2) is 11.1. The predicted octanol–water partition coefficient (Wildman–Crippen LogP) is 7.31. The van der Waals surface area contributed by atoms with Gasteiger partial charge in [0.2, 0.25) is 0 Å². The third-order valence-electron chi connectivity index (χ3n) is 7.10. The van der Waals surface area contributed by atoms with Crippen molar-refractivity contribution >= 4 is 11.6 Å². The standard InChI is InChI=1S/C29H28F7N3O/c1-16-8-23(30)4-6-25(16)27(40)37-13-20-11-24(5-7-26(20)19-9-17(2)38-18(3)10-19)39-14-21(28(31,32)33)12-22(15-39)29(34,35)36/h4-11,21-22H,12-15H2,1-3H3,(H,37,40)/t21-,22+. The van der Waals surface area contributed by atoms with E-state index in [-0.39, 0.29) is 17.8 Å². The average Bonchev–Trinajstić information content (AvgIpc) is 2.85. The second-order valence-corrected chi connectivity index (χ2v) is 10.2. The van der Waals surface area contributed by atoms with Gasteiger partial charge in [0.1, 0.15) is 5.82 Å². The fourth-order valence-electron chi connectivity index (χ4n) is 5.13. The first-order valence-corrected chi connectivity index (χ1v) is 12.6. The molecule has 1 aliphatic rings. The van der Waals surface area contributed by atoms with E-state index in [1.165, 1.54) is 24.3 Å². The van der Waals surface area contributed by atoms with Crippen LogP contribution in [0.25, 0.3) is 11.1 Å². The Kier molecular flexibility index (Phi) is 8.14. The molecule has 1 aromatic heterocycles. The zero-order valence-corrected chi connectivity index (χ0v) is 22.1. The zero-order valence-electron chi connectivity index (χ0n) is 22.1. The van der Waals surface area contributed by atoms with Gasteiger partial charge in [0, 0.05) is 42.3 Å². The van der Waals surface area contributed by atoms with Crippen molar-refractivity contribution in [1.29, 1.82) is 0 Å². The van der Waals surface area contributed by atoms with Crippen LogP contribution in [0.2, 0.25) is 0 Å². The van der Waals surface area contributed by atoms with Gasteiger partial charge < -0.3 is 10.2 Å². The van der Waals surface area contributed by atoms with Crippen LogP contribution in [-0.2, 0) is 6.54 Å². The van der Waals surface area contributed by atoms with Gasteiger partial charge >= 0.3 is 12.4 Å². The van der Waals surface area contributed by atoms with Crippen molar-refractivity contribution in [1.82, 2.24) is 10.3 Å². The summed E-state index contributed by atoms with van der Waals surface area (Å²) in [6, 6.07) is 12.0. The van der Waals surface area contributed by atoms with Crippen molar-refractivity contribution in [3.05, 3.63) is 82.4 Å². The number of nitrogens with zero attached hydrogens (tertiary/aromatic N) is 2. The lowest BCUT2D eigenvalue weighted by Crippen LogP contribution is -2.49. The molecule has 0 bridgehead atoms. The number of amides is 1. The van der Waals surface area contributed by atoms with E-state index in [9.17, 15) is 35.5 Å². The lowest BCUT2D eigenvalue weighted by molar-refractivity contribution is -0.214. The summed E-state index contributed by atoms with van der Waals surface area (Å²) < 4.78 is 95.0. The van der Waals surface area contributed by atoms with Gasteiger partial charge in [0.05, 0.1) is 11.8 Å². The van der Waals surface area contributed by atoms with Crippen LogP contribution in [-0.4, -0.2) is 36.3 Å². The summed E-state index contributed by atoms with van der Waals surface area (Å²) in [5.41, 5.74) is 4.15. The number of alkyl halides is 6. The fourth-order valence-corrected chi connectivity index (χ4v) is 5.13. The average molecular weight is 568 g/mol. The zero-order chi connectivity index (χ0) is 29.4. The van der Waals surface area contributed by atoms with Crippen molar-refractivity contribution in [3.63, 3.8) is 0 Å². The van der Waals surface area contributed by atoms with Gasteiger partial charge in [-0.05, 0) is 91.9 Å². The summed E-state index contributed by atoms with van der Waals surface area (Å²) in [5, 5.41) is 2.76. The quantitative estimate of drug-likeness (QED) is 0.329. The van der Waals surface area contributed by atoms with Crippen molar-refractivity contribution < 1.29 is 35.5 Å². The normalized spacial score (nSPS) is 18.1. The molecule has 0 saturated carbocycles. The Labute approximate surface area is 227 Å². The highest BCUT2D eigenvalue weighted by molar-refractivity contribution is 5.95. The number of aryl methyl sites for hydroxylation is 3. The molecule has 0 aliphatic carbocycles. The Morgan fingerprint density at radius 3 is 2.05 bits per heavy atom. The molecular formula is C29H28F7N3O. The van der Waals surface area contributed by atoms with Gasteiger partial charge in [-0.3, -0.25) is 9.78 Å². The number of halogens is 7. The number of nitrogens with one attached hydrogen (secondary N) is 1. The molecule has 1 aliphatic heterocycles. The molecule has 4 nitrogen and oxygen atoms in total. The number of hydrogen-bond donors (Lipinski definition) is 1. The highest BCUT2D eigenvalue weighted by Crippen LogP contribution is 2.43. The summed E-state index contributed by atoms with van der Waals surface area (Å²) in [7, 11) is 0. The second-order valence-electron chi connectivity index (χ2n) is 10.2. The van der Waals surface area contributed by atoms with Crippen LogP contribution in [0.3, 0.4) is 0 Å².